The Morgan fingerprint density at radius 3 is 2.82 bits per heavy atom. The van der Waals surface area contributed by atoms with Gasteiger partial charge in [-0.15, -0.1) is 6.58 Å². The standard InChI is InChI=1S/C17H23N3O2/c1-2-9-18-17(22)19-12-15-11-16(21)20(13-15)10-8-14-6-4-3-5-7-14/h2-7,15H,1,8-13H2,(H2,18,19,22)/t15-/m1/s1. The average molecular weight is 301 g/mol. The summed E-state index contributed by atoms with van der Waals surface area (Å²) in [5.74, 6) is 0.368. The van der Waals surface area contributed by atoms with E-state index in [1.165, 1.54) is 5.56 Å². The second-order valence-corrected chi connectivity index (χ2v) is 5.53. The number of rotatable bonds is 7. The van der Waals surface area contributed by atoms with Crippen molar-refractivity contribution >= 4 is 11.9 Å². The second-order valence-electron chi connectivity index (χ2n) is 5.53. The highest BCUT2D eigenvalue weighted by Crippen LogP contribution is 2.17. The Morgan fingerprint density at radius 1 is 1.32 bits per heavy atom. The van der Waals surface area contributed by atoms with Crippen LogP contribution in [0.2, 0.25) is 0 Å². The first-order valence-electron chi connectivity index (χ1n) is 7.63. The molecule has 0 unspecified atom stereocenters. The zero-order valence-electron chi connectivity index (χ0n) is 12.8. The van der Waals surface area contributed by atoms with E-state index in [9.17, 15) is 9.59 Å². The lowest BCUT2D eigenvalue weighted by Crippen LogP contribution is -2.38. The van der Waals surface area contributed by atoms with Crippen molar-refractivity contribution in [1.82, 2.24) is 15.5 Å². The van der Waals surface area contributed by atoms with Crippen LogP contribution in [0.15, 0.2) is 43.0 Å². The molecule has 0 saturated carbocycles. The van der Waals surface area contributed by atoms with Crippen LogP contribution in [-0.2, 0) is 11.2 Å². The van der Waals surface area contributed by atoms with E-state index in [1.807, 2.05) is 23.1 Å². The number of carbonyl (C=O) groups is 2. The van der Waals surface area contributed by atoms with Crippen LogP contribution in [-0.4, -0.2) is 43.0 Å². The molecule has 5 heteroatoms. The van der Waals surface area contributed by atoms with Gasteiger partial charge >= 0.3 is 6.03 Å². The van der Waals surface area contributed by atoms with Gasteiger partial charge < -0.3 is 15.5 Å². The lowest BCUT2D eigenvalue weighted by atomic mass is 10.1. The summed E-state index contributed by atoms with van der Waals surface area (Å²) in [4.78, 5) is 25.4. The minimum Gasteiger partial charge on any atom is -0.342 e. The lowest BCUT2D eigenvalue weighted by Gasteiger charge is -2.17. The Balaban J connectivity index is 1.71. The Labute approximate surface area is 131 Å². The molecule has 0 aliphatic carbocycles. The van der Waals surface area contributed by atoms with Crippen LogP contribution in [0, 0.1) is 5.92 Å². The zero-order chi connectivity index (χ0) is 15.8. The summed E-state index contributed by atoms with van der Waals surface area (Å²) >= 11 is 0. The SMILES string of the molecule is C=CCNC(=O)NC[C@H]1CC(=O)N(CCc2ccccc2)C1. The molecule has 3 amide bonds. The van der Waals surface area contributed by atoms with Crippen molar-refractivity contribution in [2.75, 3.05) is 26.2 Å². The van der Waals surface area contributed by atoms with Gasteiger partial charge in [-0.1, -0.05) is 36.4 Å². The van der Waals surface area contributed by atoms with Crippen molar-refractivity contribution in [1.29, 1.82) is 0 Å². The number of carbonyl (C=O) groups excluding carboxylic acids is 2. The van der Waals surface area contributed by atoms with E-state index in [0.29, 0.717) is 26.1 Å². The average Bonchev–Trinajstić information content (AvgIpc) is 2.90. The Kier molecular flexibility index (Phi) is 6.01. The molecule has 0 radical (unpaired) electrons. The highest BCUT2D eigenvalue weighted by atomic mass is 16.2. The van der Waals surface area contributed by atoms with Crippen LogP contribution in [0.1, 0.15) is 12.0 Å². The Morgan fingerprint density at radius 2 is 2.09 bits per heavy atom. The molecule has 0 bridgehead atoms. The number of likely N-dealkylation sites (tertiary alicyclic amines) is 1. The number of amides is 3. The zero-order valence-corrected chi connectivity index (χ0v) is 12.8. The smallest absolute Gasteiger partial charge is 0.315 e. The van der Waals surface area contributed by atoms with E-state index in [2.05, 4.69) is 29.3 Å². The predicted octanol–water partition coefficient (Wildman–Crippen LogP) is 1.56. The van der Waals surface area contributed by atoms with E-state index in [1.54, 1.807) is 6.08 Å². The van der Waals surface area contributed by atoms with Crippen molar-refractivity contribution in [2.24, 2.45) is 5.92 Å². The first kappa shape index (κ1) is 16.1. The van der Waals surface area contributed by atoms with Crippen LogP contribution >= 0.6 is 0 Å². The highest BCUT2D eigenvalue weighted by Gasteiger charge is 2.29. The van der Waals surface area contributed by atoms with Crippen LogP contribution < -0.4 is 10.6 Å². The Hall–Kier alpha value is -2.30. The molecule has 1 aromatic rings. The summed E-state index contributed by atoms with van der Waals surface area (Å²) in [6, 6.07) is 9.94. The maximum Gasteiger partial charge on any atom is 0.315 e. The van der Waals surface area contributed by atoms with Gasteiger partial charge in [-0.3, -0.25) is 4.79 Å². The third-order valence-corrected chi connectivity index (χ3v) is 3.77. The normalized spacial score (nSPS) is 17.4. The van der Waals surface area contributed by atoms with E-state index in [-0.39, 0.29) is 17.9 Å². The number of nitrogens with one attached hydrogen (secondary N) is 2. The summed E-state index contributed by atoms with van der Waals surface area (Å²) in [6.07, 6.45) is 3.01. The molecule has 0 spiro atoms. The summed E-state index contributed by atoms with van der Waals surface area (Å²) in [5.41, 5.74) is 1.24. The van der Waals surface area contributed by atoms with Gasteiger partial charge in [0.1, 0.15) is 0 Å². The molecule has 1 aliphatic heterocycles. The molecule has 5 nitrogen and oxygen atoms in total. The molecule has 1 atom stereocenters. The van der Waals surface area contributed by atoms with Crippen molar-refractivity contribution in [2.45, 2.75) is 12.8 Å². The number of urea groups is 1. The maximum atomic E-state index is 12.0. The van der Waals surface area contributed by atoms with Crippen LogP contribution in [0.25, 0.3) is 0 Å². The van der Waals surface area contributed by atoms with Gasteiger partial charge in [-0.25, -0.2) is 4.79 Å². The molecular weight excluding hydrogens is 278 g/mol. The highest BCUT2D eigenvalue weighted by molar-refractivity contribution is 5.79. The molecule has 2 rings (SSSR count). The summed E-state index contributed by atoms with van der Waals surface area (Å²) in [6.45, 7) is 5.96. The molecule has 22 heavy (non-hydrogen) atoms. The van der Waals surface area contributed by atoms with Gasteiger partial charge in [0.25, 0.3) is 0 Å². The third-order valence-electron chi connectivity index (χ3n) is 3.77. The first-order valence-corrected chi connectivity index (χ1v) is 7.63. The minimum atomic E-state index is -0.213. The predicted molar refractivity (Wildman–Crippen MR) is 86.4 cm³/mol. The van der Waals surface area contributed by atoms with Gasteiger partial charge in [0.2, 0.25) is 5.91 Å². The third kappa shape index (κ3) is 4.91. The quantitative estimate of drug-likeness (QED) is 0.751. The fourth-order valence-corrected chi connectivity index (χ4v) is 2.58. The van der Waals surface area contributed by atoms with Crippen LogP contribution in [0.4, 0.5) is 4.79 Å². The van der Waals surface area contributed by atoms with Crippen molar-refractivity contribution < 1.29 is 9.59 Å². The number of hydrogen-bond donors (Lipinski definition) is 2. The van der Waals surface area contributed by atoms with Crippen molar-refractivity contribution in [3.8, 4) is 0 Å². The van der Waals surface area contributed by atoms with Crippen molar-refractivity contribution in [3.63, 3.8) is 0 Å². The summed E-state index contributed by atoms with van der Waals surface area (Å²) in [7, 11) is 0. The van der Waals surface area contributed by atoms with Crippen molar-refractivity contribution in [3.05, 3.63) is 48.6 Å². The fourth-order valence-electron chi connectivity index (χ4n) is 2.58. The van der Waals surface area contributed by atoms with Gasteiger partial charge in [-0.2, -0.15) is 0 Å². The van der Waals surface area contributed by atoms with E-state index < -0.39 is 0 Å². The molecule has 1 heterocycles. The van der Waals surface area contributed by atoms with E-state index in [0.717, 1.165) is 13.0 Å². The van der Waals surface area contributed by atoms with Crippen LogP contribution in [0.3, 0.4) is 0 Å². The molecule has 1 fully saturated rings. The molecule has 1 saturated heterocycles. The summed E-state index contributed by atoms with van der Waals surface area (Å²) < 4.78 is 0. The summed E-state index contributed by atoms with van der Waals surface area (Å²) in [5, 5.41) is 5.46. The molecule has 1 aliphatic rings. The number of hydrogen-bond acceptors (Lipinski definition) is 2. The molecule has 118 valence electrons. The lowest BCUT2D eigenvalue weighted by molar-refractivity contribution is -0.127. The van der Waals surface area contributed by atoms with Gasteiger partial charge in [0.15, 0.2) is 0 Å². The number of benzene rings is 1. The van der Waals surface area contributed by atoms with Crippen LogP contribution in [0.5, 0.6) is 0 Å². The fraction of sp³-hybridized carbons (Fsp3) is 0.412. The molecule has 1 aromatic carbocycles. The van der Waals surface area contributed by atoms with E-state index >= 15 is 0 Å². The largest absolute Gasteiger partial charge is 0.342 e. The molecule has 2 N–H and O–H groups in total. The first-order chi connectivity index (χ1) is 10.7. The van der Waals surface area contributed by atoms with Gasteiger partial charge in [0, 0.05) is 38.5 Å². The topological polar surface area (TPSA) is 61.4 Å². The second kappa shape index (κ2) is 8.22. The van der Waals surface area contributed by atoms with E-state index in [4.69, 9.17) is 0 Å². The molecular formula is C17H23N3O2. The maximum absolute atomic E-state index is 12.0. The Bertz CT molecular complexity index is 516. The van der Waals surface area contributed by atoms with Gasteiger partial charge in [-0.05, 0) is 12.0 Å². The monoisotopic (exact) mass is 301 g/mol. The number of nitrogens with zero attached hydrogens (tertiary/aromatic N) is 1. The minimum absolute atomic E-state index is 0.175. The van der Waals surface area contributed by atoms with Gasteiger partial charge in [0.05, 0.1) is 0 Å². The molecule has 0 aromatic heterocycles.